The molecule has 5 heteroatoms. The molecule has 0 aliphatic rings. The van der Waals surface area contributed by atoms with Gasteiger partial charge in [0.15, 0.2) is 5.84 Å². The van der Waals surface area contributed by atoms with Crippen molar-refractivity contribution < 1.29 is 9.57 Å². The molecule has 1 rings (SSSR count). The van der Waals surface area contributed by atoms with Gasteiger partial charge in [0.1, 0.15) is 5.75 Å². The van der Waals surface area contributed by atoms with Gasteiger partial charge in [-0.25, -0.2) is 5.48 Å². The van der Waals surface area contributed by atoms with Gasteiger partial charge in [0, 0.05) is 12.6 Å². The van der Waals surface area contributed by atoms with Gasteiger partial charge < -0.3 is 4.74 Å². The van der Waals surface area contributed by atoms with Crippen molar-refractivity contribution in [1.82, 2.24) is 5.48 Å². The number of hydrogen-bond acceptors (Lipinski definition) is 3. The normalized spacial score (nSPS) is 11.8. The van der Waals surface area contributed by atoms with Gasteiger partial charge >= 0.3 is 0 Å². The van der Waals surface area contributed by atoms with Gasteiger partial charge in [-0.1, -0.05) is 11.6 Å². The van der Waals surface area contributed by atoms with Crippen molar-refractivity contribution in [1.29, 1.82) is 0 Å². The summed E-state index contributed by atoms with van der Waals surface area (Å²) < 4.78 is 5.55. The molecule has 4 nitrogen and oxygen atoms in total. The average Bonchev–Trinajstić information content (AvgIpc) is 2.28. The molecule has 0 radical (unpaired) electrons. The quantitative estimate of drug-likeness (QED) is 0.512. The number of nitrogens with zero attached hydrogens (tertiary/aromatic N) is 1. The summed E-state index contributed by atoms with van der Waals surface area (Å²) in [6.07, 6.45) is 0.0924. The standard InChI is InChI=1S/C12H17ClN2O2/c1-8(2)17-11-6-5-9(7-10(11)13)12(14-3)15-16-4/h5-8H,1-4H3,(H,14,15). The Bertz CT molecular complexity index is 405. The molecule has 0 heterocycles. The van der Waals surface area contributed by atoms with Crippen molar-refractivity contribution in [2.24, 2.45) is 4.99 Å². The molecule has 94 valence electrons. The van der Waals surface area contributed by atoms with E-state index in [1.807, 2.05) is 26.0 Å². The fourth-order valence-electron chi connectivity index (χ4n) is 1.33. The molecule has 17 heavy (non-hydrogen) atoms. The van der Waals surface area contributed by atoms with E-state index >= 15 is 0 Å². The number of rotatable bonds is 4. The van der Waals surface area contributed by atoms with Gasteiger partial charge in [-0.05, 0) is 32.0 Å². The minimum absolute atomic E-state index is 0.0924. The highest BCUT2D eigenvalue weighted by Crippen LogP contribution is 2.26. The summed E-state index contributed by atoms with van der Waals surface area (Å²) in [4.78, 5) is 8.89. The fraction of sp³-hybridized carbons (Fsp3) is 0.417. The number of hydroxylamine groups is 1. The Hall–Kier alpha value is -1.26. The lowest BCUT2D eigenvalue weighted by atomic mass is 10.2. The maximum atomic E-state index is 6.13. The first-order chi connectivity index (χ1) is 8.08. The van der Waals surface area contributed by atoms with Crippen LogP contribution in [-0.2, 0) is 4.84 Å². The Morgan fingerprint density at radius 2 is 2.12 bits per heavy atom. The summed E-state index contributed by atoms with van der Waals surface area (Å²) in [6, 6.07) is 5.48. The third-order valence-corrected chi connectivity index (χ3v) is 2.29. The van der Waals surface area contributed by atoms with Crippen LogP contribution in [0.1, 0.15) is 19.4 Å². The van der Waals surface area contributed by atoms with E-state index in [0.717, 1.165) is 5.56 Å². The van der Waals surface area contributed by atoms with Gasteiger partial charge in [-0.15, -0.1) is 0 Å². The Morgan fingerprint density at radius 3 is 2.59 bits per heavy atom. The molecule has 0 bridgehead atoms. The van der Waals surface area contributed by atoms with Crippen LogP contribution in [0.2, 0.25) is 5.02 Å². The van der Waals surface area contributed by atoms with Crippen molar-refractivity contribution in [3.63, 3.8) is 0 Å². The summed E-state index contributed by atoms with van der Waals surface area (Å²) in [5.74, 6) is 1.28. The van der Waals surface area contributed by atoms with Crippen molar-refractivity contribution in [2.75, 3.05) is 14.2 Å². The van der Waals surface area contributed by atoms with Crippen LogP contribution in [0.5, 0.6) is 5.75 Å². The number of halogens is 1. The minimum atomic E-state index is 0.0924. The fourth-order valence-corrected chi connectivity index (χ4v) is 1.55. The number of aliphatic imine (C=N–C) groups is 1. The Labute approximate surface area is 107 Å². The number of benzene rings is 1. The summed E-state index contributed by atoms with van der Waals surface area (Å²) in [7, 11) is 3.21. The van der Waals surface area contributed by atoms with E-state index in [2.05, 4.69) is 10.5 Å². The van der Waals surface area contributed by atoms with Crippen LogP contribution in [0.4, 0.5) is 0 Å². The lowest BCUT2D eigenvalue weighted by Crippen LogP contribution is -2.23. The first-order valence-electron chi connectivity index (χ1n) is 5.30. The predicted molar refractivity (Wildman–Crippen MR) is 69.8 cm³/mol. The van der Waals surface area contributed by atoms with Gasteiger partial charge in [-0.2, -0.15) is 0 Å². The smallest absolute Gasteiger partial charge is 0.152 e. The largest absolute Gasteiger partial charge is 0.489 e. The second-order valence-corrected chi connectivity index (χ2v) is 4.10. The summed E-state index contributed by atoms with van der Waals surface area (Å²) in [5.41, 5.74) is 3.53. The van der Waals surface area contributed by atoms with E-state index in [1.165, 1.54) is 7.11 Å². The molecule has 0 saturated heterocycles. The molecular weight excluding hydrogens is 240 g/mol. The van der Waals surface area contributed by atoms with Gasteiger partial charge in [0.2, 0.25) is 0 Å². The lowest BCUT2D eigenvalue weighted by Gasteiger charge is -2.13. The summed E-state index contributed by atoms with van der Waals surface area (Å²) >= 11 is 6.13. The minimum Gasteiger partial charge on any atom is -0.489 e. The number of ether oxygens (including phenoxy) is 1. The second kappa shape index (κ2) is 6.47. The zero-order valence-electron chi connectivity index (χ0n) is 10.5. The van der Waals surface area contributed by atoms with Crippen LogP contribution in [0.3, 0.4) is 0 Å². The van der Waals surface area contributed by atoms with Crippen LogP contribution in [-0.4, -0.2) is 26.1 Å². The molecule has 1 N–H and O–H groups in total. The van der Waals surface area contributed by atoms with Gasteiger partial charge in [-0.3, -0.25) is 9.83 Å². The topological polar surface area (TPSA) is 42.9 Å². The van der Waals surface area contributed by atoms with E-state index in [-0.39, 0.29) is 6.10 Å². The van der Waals surface area contributed by atoms with Crippen LogP contribution < -0.4 is 10.2 Å². The van der Waals surface area contributed by atoms with Crippen molar-refractivity contribution in [3.8, 4) is 5.75 Å². The number of nitrogens with one attached hydrogen (secondary N) is 1. The molecule has 0 aliphatic heterocycles. The molecule has 0 amide bonds. The molecule has 0 spiro atoms. The monoisotopic (exact) mass is 256 g/mol. The van der Waals surface area contributed by atoms with Crippen LogP contribution >= 0.6 is 11.6 Å². The van der Waals surface area contributed by atoms with Crippen LogP contribution in [0.15, 0.2) is 23.2 Å². The first kappa shape index (κ1) is 13.8. The summed E-state index contributed by atoms with van der Waals surface area (Å²) in [6.45, 7) is 3.91. The van der Waals surface area contributed by atoms with Crippen molar-refractivity contribution >= 4 is 17.4 Å². The van der Waals surface area contributed by atoms with E-state index in [9.17, 15) is 0 Å². The Kier molecular flexibility index (Phi) is 5.25. The summed E-state index contributed by atoms with van der Waals surface area (Å²) in [5, 5.41) is 0.551. The highest BCUT2D eigenvalue weighted by atomic mass is 35.5. The molecule has 0 saturated carbocycles. The molecule has 0 aliphatic carbocycles. The lowest BCUT2D eigenvalue weighted by molar-refractivity contribution is 0.145. The third-order valence-electron chi connectivity index (χ3n) is 1.99. The van der Waals surface area contributed by atoms with Gasteiger partial charge in [0.25, 0.3) is 0 Å². The molecule has 0 unspecified atom stereocenters. The van der Waals surface area contributed by atoms with Crippen molar-refractivity contribution in [2.45, 2.75) is 20.0 Å². The number of amidine groups is 1. The predicted octanol–water partition coefficient (Wildman–Crippen LogP) is 2.65. The average molecular weight is 257 g/mol. The molecule has 0 atom stereocenters. The molecular formula is C12H17ClN2O2. The first-order valence-corrected chi connectivity index (χ1v) is 5.68. The maximum absolute atomic E-state index is 6.13. The second-order valence-electron chi connectivity index (χ2n) is 3.69. The van der Waals surface area contributed by atoms with Crippen molar-refractivity contribution in [3.05, 3.63) is 28.8 Å². The van der Waals surface area contributed by atoms with Gasteiger partial charge in [0.05, 0.1) is 18.2 Å². The van der Waals surface area contributed by atoms with E-state index in [4.69, 9.17) is 21.2 Å². The Balaban J connectivity index is 2.95. The van der Waals surface area contributed by atoms with E-state index in [0.29, 0.717) is 16.6 Å². The van der Waals surface area contributed by atoms with E-state index < -0.39 is 0 Å². The molecule has 0 aromatic heterocycles. The zero-order valence-corrected chi connectivity index (χ0v) is 11.2. The van der Waals surface area contributed by atoms with E-state index in [1.54, 1.807) is 13.1 Å². The zero-order chi connectivity index (χ0) is 12.8. The Morgan fingerprint density at radius 1 is 1.41 bits per heavy atom. The highest BCUT2D eigenvalue weighted by Gasteiger charge is 2.08. The molecule has 1 aromatic carbocycles. The SMILES string of the molecule is CN=C(NOC)c1ccc(OC(C)C)c(Cl)c1. The van der Waals surface area contributed by atoms with Crippen LogP contribution in [0, 0.1) is 0 Å². The number of hydrogen-bond donors (Lipinski definition) is 1. The third kappa shape index (κ3) is 3.91. The molecule has 1 aromatic rings. The van der Waals surface area contributed by atoms with Crippen LogP contribution in [0.25, 0.3) is 0 Å². The molecule has 0 fully saturated rings. The highest BCUT2D eigenvalue weighted by molar-refractivity contribution is 6.32. The maximum Gasteiger partial charge on any atom is 0.152 e.